The van der Waals surface area contributed by atoms with E-state index in [1.807, 2.05) is 0 Å². The Morgan fingerprint density at radius 3 is 2.64 bits per heavy atom. The van der Waals surface area contributed by atoms with Crippen molar-refractivity contribution in [3.8, 4) is 0 Å². The Labute approximate surface area is 152 Å². The normalized spacial score (nSPS) is 46.7. The average Bonchev–Trinajstić information content (AvgIpc) is 2.56. The predicted molar refractivity (Wildman–Crippen MR) is 98.9 cm³/mol. The first-order valence-electron chi connectivity index (χ1n) is 9.93. The number of fused-ring (bicyclic) bond motifs is 3. The van der Waals surface area contributed by atoms with Gasteiger partial charge in [0, 0.05) is 24.7 Å². The van der Waals surface area contributed by atoms with Crippen molar-refractivity contribution in [3.05, 3.63) is 12.7 Å². The number of Topliss-reactive ketones (excluding diaryl/α,β-unsaturated/α-hetero) is 1. The van der Waals surface area contributed by atoms with Crippen LogP contribution in [0.3, 0.4) is 0 Å². The molecule has 0 bridgehead atoms. The number of allylic oxidation sites excluding steroid dienone is 1. The number of carbonyl (C=O) groups excluding carboxylic acids is 2. The Kier molecular flexibility index (Phi) is 4.66. The van der Waals surface area contributed by atoms with E-state index in [4.69, 9.17) is 4.74 Å². The molecule has 0 aromatic rings. The van der Waals surface area contributed by atoms with Crippen LogP contribution >= 0.6 is 0 Å². The Morgan fingerprint density at radius 1 is 1.28 bits per heavy atom. The van der Waals surface area contributed by atoms with Gasteiger partial charge in [0.05, 0.1) is 6.61 Å². The third-order valence-corrected chi connectivity index (χ3v) is 8.06. The fourth-order valence-corrected chi connectivity index (χ4v) is 6.48. The quantitative estimate of drug-likeness (QED) is 0.537. The van der Waals surface area contributed by atoms with Crippen LogP contribution in [0.15, 0.2) is 12.7 Å². The van der Waals surface area contributed by atoms with Crippen molar-refractivity contribution in [2.75, 3.05) is 6.61 Å². The molecule has 6 atom stereocenters. The van der Waals surface area contributed by atoms with E-state index in [9.17, 15) is 9.59 Å². The van der Waals surface area contributed by atoms with Gasteiger partial charge in [0.25, 0.3) is 0 Å². The summed E-state index contributed by atoms with van der Waals surface area (Å²) in [6.07, 6.45) is 9.36. The SMILES string of the molecule is C=CC1(C)CCC2C(C1)C(=O)CC1C(C)(COC(C)=O)CCCC21C. The summed E-state index contributed by atoms with van der Waals surface area (Å²) in [5.74, 6) is 1.22. The minimum absolute atomic E-state index is 0.0709. The highest BCUT2D eigenvalue weighted by Crippen LogP contribution is 2.64. The van der Waals surface area contributed by atoms with E-state index in [0.29, 0.717) is 30.6 Å². The van der Waals surface area contributed by atoms with Crippen molar-refractivity contribution in [2.24, 2.45) is 34.0 Å². The van der Waals surface area contributed by atoms with Gasteiger partial charge in [0.1, 0.15) is 5.78 Å². The first-order chi connectivity index (χ1) is 11.6. The van der Waals surface area contributed by atoms with Crippen LogP contribution in [0, 0.1) is 34.0 Å². The summed E-state index contributed by atoms with van der Waals surface area (Å²) in [5.41, 5.74) is 0.225. The zero-order chi connectivity index (χ0) is 18.5. The number of hydrogen-bond acceptors (Lipinski definition) is 3. The highest BCUT2D eigenvalue weighted by Gasteiger charge is 2.60. The van der Waals surface area contributed by atoms with Gasteiger partial charge in [-0.2, -0.15) is 0 Å². The number of ketones is 1. The molecule has 0 spiro atoms. The van der Waals surface area contributed by atoms with Gasteiger partial charge in [-0.25, -0.2) is 0 Å². The van der Waals surface area contributed by atoms with Crippen LogP contribution in [0.1, 0.15) is 72.6 Å². The van der Waals surface area contributed by atoms with Crippen LogP contribution in [-0.2, 0) is 14.3 Å². The highest BCUT2D eigenvalue weighted by atomic mass is 16.5. The van der Waals surface area contributed by atoms with Gasteiger partial charge in [0.2, 0.25) is 0 Å². The standard InChI is InChI=1S/C22H34O3/c1-6-20(3)11-8-17-16(13-20)18(24)12-19-21(4,14-25-15(2)23)9-7-10-22(17,19)5/h6,16-17,19H,1,7-14H2,2-5H3. The molecule has 3 aliphatic rings. The average molecular weight is 347 g/mol. The first kappa shape index (κ1) is 18.7. The summed E-state index contributed by atoms with van der Waals surface area (Å²) in [4.78, 5) is 24.5. The van der Waals surface area contributed by atoms with Crippen LogP contribution in [0.5, 0.6) is 0 Å². The van der Waals surface area contributed by atoms with Crippen molar-refractivity contribution in [1.29, 1.82) is 0 Å². The number of rotatable bonds is 3. The molecule has 0 heterocycles. The monoisotopic (exact) mass is 346 g/mol. The Hall–Kier alpha value is -1.12. The van der Waals surface area contributed by atoms with Crippen molar-refractivity contribution >= 4 is 11.8 Å². The van der Waals surface area contributed by atoms with E-state index in [0.717, 1.165) is 25.7 Å². The molecule has 0 aromatic heterocycles. The molecule has 0 aromatic carbocycles. The Morgan fingerprint density at radius 2 is 2.00 bits per heavy atom. The number of carbonyl (C=O) groups is 2. The minimum Gasteiger partial charge on any atom is -0.465 e. The summed E-state index contributed by atoms with van der Waals surface area (Å²) in [5, 5.41) is 0. The minimum atomic E-state index is -0.215. The molecule has 0 N–H and O–H groups in total. The lowest BCUT2D eigenvalue weighted by Gasteiger charge is -2.61. The van der Waals surface area contributed by atoms with Gasteiger partial charge < -0.3 is 4.74 Å². The van der Waals surface area contributed by atoms with Crippen molar-refractivity contribution in [1.82, 2.24) is 0 Å². The fourth-order valence-electron chi connectivity index (χ4n) is 6.48. The Bertz CT molecular complexity index is 582. The van der Waals surface area contributed by atoms with E-state index in [1.165, 1.54) is 19.8 Å². The highest BCUT2D eigenvalue weighted by molar-refractivity contribution is 5.83. The Balaban J connectivity index is 1.89. The second-order valence-corrected chi connectivity index (χ2v) is 9.83. The van der Waals surface area contributed by atoms with Crippen LogP contribution < -0.4 is 0 Å². The number of hydrogen-bond donors (Lipinski definition) is 0. The fraction of sp³-hybridized carbons (Fsp3) is 0.818. The molecule has 25 heavy (non-hydrogen) atoms. The predicted octanol–water partition coefficient (Wildman–Crippen LogP) is 4.94. The molecule has 0 radical (unpaired) electrons. The first-order valence-corrected chi connectivity index (χ1v) is 9.93. The maximum Gasteiger partial charge on any atom is 0.302 e. The van der Waals surface area contributed by atoms with E-state index in [-0.39, 0.29) is 28.1 Å². The van der Waals surface area contributed by atoms with Crippen LogP contribution in [-0.4, -0.2) is 18.4 Å². The third-order valence-electron chi connectivity index (χ3n) is 8.06. The molecule has 3 nitrogen and oxygen atoms in total. The van der Waals surface area contributed by atoms with Crippen LogP contribution in [0.4, 0.5) is 0 Å². The topological polar surface area (TPSA) is 43.4 Å². The molecule has 0 saturated heterocycles. The zero-order valence-corrected chi connectivity index (χ0v) is 16.4. The molecular weight excluding hydrogens is 312 g/mol. The molecule has 0 amide bonds. The summed E-state index contributed by atoms with van der Waals surface area (Å²) in [6, 6.07) is 0. The summed E-state index contributed by atoms with van der Waals surface area (Å²) < 4.78 is 5.44. The smallest absolute Gasteiger partial charge is 0.302 e. The van der Waals surface area contributed by atoms with Gasteiger partial charge in [-0.3, -0.25) is 9.59 Å². The number of esters is 1. The summed E-state index contributed by atoms with van der Waals surface area (Å²) in [7, 11) is 0. The number of ether oxygens (including phenoxy) is 1. The van der Waals surface area contributed by atoms with Crippen LogP contribution in [0.25, 0.3) is 0 Å². The molecule has 3 fully saturated rings. The molecular formula is C22H34O3. The maximum atomic E-state index is 13.1. The van der Waals surface area contributed by atoms with E-state index < -0.39 is 0 Å². The molecule has 3 heteroatoms. The van der Waals surface area contributed by atoms with Gasteiger partial charge in [-0.05, 0) is 54.8 Å². The van der Waals surface area contributed by atoms with Gasteiger partial charge in [-0.15, -0.1) is 6.58 Å². The van der Waals surface area contributed by atoms with E-state index >= 15 is 0 Å². The van der Waals surface area contributed by atoms with Gasteiger partial charge >= 0.3 is 5.97 Å². The molecule has 140 valence electrons. The second-order valence-electron chi connectivity index (χ2n) is 9.83. The second kappa shape index (κ2) is 6.25. The van der Waals surface area contributed by atoms with Crippen molar-refractivity contribution in [3.63, 3.8) is 0 Å². The largest absolute Gasteiger partial charge is 0.465 e. The lowest BCUT2D eigenvalue weighted by atomic mass is 9.43. The molecule has 6 unspecified atom stereocenters. The van der Waals surface area contributed by atoms with E-state index in [2.05, 4.69) is 33.4 Å². The lowest BCUT2D eigenvalue weighted by molar-refractivity contribution is -0.170. The molecule has 3 rings (SSSR count). The van der Waals surface area contributed by atoms with Gasteiger partial charge in [-0.1, -0.05) is 33.3 Å². The van der Waals surface area contributed by atoms with Crippen molar-refractivity contribution < 1.29 is 14.3 Å². The molecule has 3 aliphatic carbocycles. The lowest BCUT2D eigenvalue weighted by Crippen LogP contribution is -2.58. The maximum absolute atomic E-state index is 13.1. The van der Waals surface area contributed by atoms with Crippen molar-refractivity contribution in [2.45, 2.75) is 72.6 Å². The molecule has 3 saturated carbocycles. The molecule has 0 aliphatic heterocycles. The van der Waals surface area contributed by atoms with Crippen LogP contribution in [0.2, 0.25) is 0 Å². The third kappa shape index (κ3) is 3.08. The van der Waals surface area contributed by atoms with Gasteiger partial charge in [0.15, 0.2) is 0 Å². The zero-order valence-electron chi connectivity index (χ0n) is 16.4. The van der Waals surface area contributed by atoms with E-state index in [1.54, 1.807) is 0 Å². The summed E-state index contributed by atoms with van der Waals surface area (Å²) in [6.45, 7) is 12.9. The summed E-state index contributed by atoms with van der Waals surface area (Å²) >= 11 is 0.